The van der Waals surface area contributed by atoms with Crippen LogP contribution in [0.1, 0.15) is 26.3 Å². The van der Waals surface area contributed by atoms with Crippen LogP contribution in [0, 0.1) is 6.92 Å². The quantitative estimate of drug-likeness (QED) is 0.444. The standard InChI is InChI=1S/C24H23N5O2/c1-14-11-17(25)8-9-19(14)22-20-13-16(7-10-21(20)29(3)28-22)24(31)27-18-6-4-5-15(12-18)23(30)26-2/h4-13H,25H2,1-3H3,(H,26,30)(H,27,31). The van der Waals surface area contributed by atoms with Crippen LogP contribution >= 0.6 is 0 Å². The maximum absolute atomic E-state index is 12.9. The molecule has 0 bridgehead atoms. The highest BCUT2D eigenvalue weighted by molar-refractivity contribution is 6.08. The lowest BCUT2D eigenvalue weighted by Crippen LogP contribution is -2.18. The summed E-state index contributed by atoms with van der Waals surface area (Å²) in [6.45, 7) is 1.99. The number of nitrogens with one attached hydrogen (secondary N) is 2. The number of aryl methyl sites for hydroxylation is 2. The maximum Gasteiger partial charge on any atom is 0.255 e. The molecule has 4 rings (SSSR count). The number of carbonyl (C=O) groups excluding carboxylic acids is 2. The number of nitrogen functional groups attached to an aromatic ring is 1. The van der Waals surface area contributed by atoms with Crippen LogP contribution in [0.5, 0.6) is 0 Å². The van der Waals surface area contributed by atoms with Crippen molar-refractivity contribution in [3.8, 4) is 11.3 Å². The molecule has 31 heavy (non-hydrogen) atoms. The van der Waals surface area contributed by atoms with Gasteiger partial charge in [0.25, 0.3) is 11.8 Å². The zero-order valence-corrected chi connectivity index (χ0v) is 17.6. The summed E-state index contributed by atoms with van der Waals surface area (Å²) in [5, 5.41) is 11.0. The van der Waals surface area contributed by atoms with Crippen molar-refractivity contribution in [3.63, 3.8) is 0 Å². The fraction of sp³-hybridized carbons (Fsp3) is 0.125. The second-order valence-electron chi connectivity index (χ2n) is 7.39. The first kappa shape index (κ1) is 20.2. The van der Waals surface area contributed by atoms with Crippen molar-refractivity contribution >= 4 is 34.1 Å². The summed E-state index contributed by atoms with van der Waals surface area (Å²) in [4.78, 5) is 24.8. The molecule has 1 heterocycles. The van der Waals surface area contributed by atoms with E-state index in [4.69, 9.17) is 5.73 Å². The van der Waals surface area contributed by atoms with E-state index in [1.54, 1.807) is 42.1 Å². The molecule has 0 spiro atoms. The van der Waals surface area contributed by atoms with Gasteiger partial charge in [-0.3, -0.25) is 14.3 Å². The number of rotatable bonds is 4. The fourth-order valence-electron chi connectivity index (χ4n) is 3.64. The predicted octanol–water partition coefficient (Wildman–Crippen LogP) is 3.74. The number of hydrogen-bond acceptors (Lipinski definition) is 4. The van der Waals surface area contributed by atoms with E-state index < -0.39 is 0 Å². The molecule has 1 aromatic heterocycles. The molecular formula is C24H23N5O2. The number of aromatic nitrogens is 2. The average Bonchev–Trinajstić information content (AvgIpc) is 3.09. The molecule has 4 N–H and O–H groups in total. The third-order valence-corrected chi connectivity index (χ3v) is 5.23. The summed E-state index contributed by atoms with van der Waals surface area (Å²) in [6.07, 6.45) is 0. The van der Waals surface area contributed by atoms with E-state index in [2.05, 4.69) is 15.7 Å². The Hall–Kier alpha value is -4.13. The van der Waals surface area contributed by atoms with Gasteiger partial charge in [-0.1, -0.05) is 12.1 Å². The largest absolute Gasteiger partial charge is 0.399 e. The Balaban J connectivity index is 1.71. The van der Waals surface area contributed by atoms with E-state index in [1.807, 2.05) is 44.3 Å². The van der Waals surface area contributed by atoms with Gasteiger partial charge in [0.2, 0.25) is 0 Å². The van der Waals surface area contributed by atoms with Gasteiger partial charge >= 0.3 is 0 Å². The molecular weight excluding hydrogens is 390 g/mol. The zero-order valence-electron chi connectivity index (χ0n) is 17.6. The van der Waals surface area contributed by atoms with Gasteiger partial charge in [0.1, 0.15) is 5.69 Å². The minimum atomic E-state index is -0.264. The lowest BCUT2D eigenvalue weighted by atomic mass is 10.0. The number of nitrogens with two attached hydrogens (primary N) is 1. The van der Waals surface area contributed by atoms with Crippen molar-refractivity contribution in [2.24, 2.45) is 7.05 Å². The summed E-state index contributed by atoms with van der Waals surface area (Å²) < 4.78 is 1.80. The maximum atomic E-state index is 12.9. The van der Waals surface area contributed by atoms with Gasteiger partial charge in [-0.2, -0.15) is 5.10 Å². The second kappa shape index (κ2) is 7.95. The van der Waals surface area contributed by atoms with E-state index >= 15 is 0 Å². The first-order valence-electron chi connectivity index (χ1n) is 9.84. The Bertz CT molecular complexity index is 1320. The van der Waals surface area contributed by atoms with E-state index in [9.17, 15) is 9.59 Å². The molecule has 0 radical (unpaired) electrons. The van der Waals surface area contributed by atoms with Gasteiger partial charge < -0.3 is 16.4 Å². The van der Waals surface area contributed by atoms with Gasteiger partial charge in [0.15, 0.2) is 0 Å². The molecule has 156 valence electrons. The topological polar surface area (TPSA) is 102 Å². The van der Waals surface area contributed by atoms with Crippen molar-refractivity contribution in [1.82, 2.24) is 15.1 Å². The number of hydrogen-bond donors (Lipinski definition) is 3. The smallest absolute Gasteiger partial charge is 0.255 e. The van der Waals surface area contributed by atoms with Gasteiger partial charge in [-0.15, -0.1) is 0 Å². The molecule has 7 nitrogen and oxygen atoms in total. The van der Waals surface area contributed by atoms with Gasteiger partial charge in [0, 0.05) is 47.5 Å². The van der Waals surface area contributed by atoms with Gasteiger partial charge in [-0.05, 0) is 61.0 Å². The summed E-state index contributed by atoms with van der Waals surface area (Å²) >= 11 is 0. The van der Waals surface area contributed by atoms with Crippen LogP contribution in [0.4, 0.5) is 11.4 Å². The molecule has 0 fully saturated rings. The van der Waals surface area contributed by atoms with Gasteiger partial charge in [-0.25, -0.2) is 0 Å². The molecule has 0 atom stereocenters. The van der Waals surface area contributed by atoms with Crippen LogP contribution in [0.3, 0.4) is 0 Å². The zero-order chi connectivity index (χ0) is 22.1. The van der Waals surface area contributed by atoms with Crippen LogP contribution in [0.15, 0.2) is 60.7 Å². The summed E-state index contributed by atoms with van der Waals surface area (Å²) in [5.74, 6) is -0.476. The molecule has 0 saturated carbocycles. The Kier molecular flexibility index (Phi) is 5.17. The molecule has 2 amide bonds. The van der Waals surface area contributed by atoms with Crippen LogP contribution in [0.2, 0.25) is 0 Å². The summed E-state index contributed by atoms with van der Waals surface area (Å²) in [6, 6.07) is 18.0. The third kappa shape index (κ3) is 3.85. The first-order valence-corrected chi connectivity index (χ1v) is 9.84. The van der Waals surface area contributed by atoms with E-state index in [0.29, 0.717) is 22.5 Å². The molecule has 4 aromatic rings. The molecule has 3 aromatic carbocycles. The van der Waals surface area contributed by atoms with Crippen molar-refractivity contribution in [2.75, 3.05) is 18.1 Å². The van der Waals surface area contributed by atoms with Gasteiger partial charge in [0.05, 0.1) is 5.52 Å². The molecule has 0 unspecified atom stereocenters. The van der Waals surface area contributed by atoms with Crippen molar-refractivity contribution < 1.29 is 9.59 Å². The minimum Gasteiger partial charge on any atom is -0.399 e. The Morgan fingerprint density at radius 3 is 2.48 bits per heavy atom. The van der Waals surface area contributed by atoms with E-state index in [-0.39, 0.29) is 11.8 Å². The lowest BCUT2D eigenvalue weighted by molar-refractivity contribution is 0.0961. The Labute approximate surface area is 179 Å². The number of nitrogens with zero attached hydrogens (tertiary/aromatic N) is 2. The van der Waals surface area contributed by atoms with Crippen LogP contribution < -0.4 is 16.4 Å². The number of benzene rings is 3. The highest BCUT2D eigenvalue weighted by Crippen LogP contribution is 2.31. The highest BCUT2D eigenvalue weighted by atomic mass is 16.2. The molecule has 0 aliphatic rings. The van der Waals surface area contributed by atoms with Crippen molar-refractivity contribution in [2.45, 2.75) is 6.92 Å². The average molecular weight is 413 g/mol. The van der Waals surface area contributed by atoms with E-state index in [1.165, 1.54) is 0 Å². The molecule has 0 aliphatic carbocycles. The van der Waals surface area contributed by atoms with Crippen LogP contribution in [-0.4, -0.2) is 28.6 Å². The predicted molar refractivity (Wildman–Crippen MR) is 123 cm³/mol. The minimum absolute atomic E-state index is 0.212. The third-order valence-electron chi connectivity index (χ3n) is 5.23. The molecule has 0 saturated heterocycles. The van der Waals surface area contributed by atoms with Crippen LogP contribution in [-0.2, 0) is 7.05 Å². The first-order chi connectivity index (χ1) is 14.9. The van der Waals surface area contributed by atoms with Crippen LogP contribution in [0.25, 0.3) is 22.2 Å². The monoisotopic (exact) mass is 413 g/mol. The lowest BCUT2D eigenvalue weighted by Gasteiger charge is -2.08. The summed E-state index contributed by atoms with van der Waals surface area (Å²) in [5.41, 5.74) is 11.8. The fourth-order valence-corrected chi connectivity index (χ4v) is 3.64. The van der Waals surface area contributed by atoms with Crippen molar-refractivity contribution in [3.05, 3.63) is 77.4 Å². The summed E-state index contributed by atoms with van der Waals surface area (Å²) in [7, 11) is 3.44. The normalized spacial score (nSPS) is 10.8. The molecule has 0 aliphatic heterocycles. The number of amides is 2. The second-order valence-corrected chi connectivity index (χ2v) is 7.39. The highest BCUT2D eigenvalue weighted by Gasteiger charge is 2.16. The molecule has 7 heteroatoms. The van der Waals surface area contributed by atoms with Crippen molar-refractivity contribution in [1.29, 1.82) is 0 Å². The SMILES string of the molecule is CNC(=O)c1cccc(NC(=O)c2ccc3c(c2)c(-c2ccc(N)cc2C)nn3C)c1. The number of carbonyl (C=O) groups is 2. The number of fused-ring (bicyclic) bond motifs is 1. The van der Waals surface area contributed by atoms with E-state index in [0.717, 1.165) is 27.7 Å². The number of anilines is 2. The Morgan fingerprint density at radius 1 is 0.968 bits per heavy atom. The Morgan fingerprint density at radius 2 is 1.74 bits per heavy atom.